The third kappa shape index (κ3) is 2.46. The molecule has 10 heteroatoms. The number of thiophene rings is 1. The van der Waals surface area contributed by atoms with Crippen LogP contribution in [0.15, 0.2) is 40.4 Å². The molecule has 0 aliphatic carbocycles. The van der Waals surface area contributed by atoms with Crippen LogP contribution in [0.25, 0.3) is 5.76 Å². The summed E-state index contributed by atoms with van der Waals surface area (Å²) < 4.78 is 25.7. The second-order valence-corrected chi connectivity index (χ2v) is 7.77. The minimum atomic E-state index is -4.01. The Labute approximate surface area is 140 Å². The molecule has 0 aromatic carbocycles. The number of fused-ring (bicyclic) bond motifs is 1. The van der Waals surface area contributed by atoms with Gasteiger partial charge >= 0.3 is 0 Å². The minimum Gasteiger partial charge on any atom is -0.504 e. The van der Waals surface area contributed by atoms with E-state index in [9.17, 15) is 18.3 Å². The summed E-state index contributed by atoms with van der Waals surface area (Å²) in [7, 11) is -2.84. The van der Waals surface area contributed by atoms with E-state index < -0.39 is 21.7 Å². The van der Waals surface area contributed by atoms with Crippen LogP contribution in [0.4, 0.5) is 5.82 Å². The first-order valence-electron chi connectivity index (χ1n) is 6.26. The number of carbonyl (C=O) groups is 1. The highest BCUT2D eigenvalue weighted by Gasteiger charge is 2.40. The highest BCUT2D eigenvalue weighted by molar-refractivity contribution is 7.89. The van der Waals surface area contributed by atoms with E-state index in [0.717, 1.165) is 11.3 Å². The van der Waals surface area contributed by atoms with Gasteiger partial charge in [0.1, 0.15) is 10.7 Å². The zero-order valence-corrected chi connectivity index (χ0v) is 14.0. The van der Waals surface area contributed by atoms with Gasteiger partial charge in [-0.05, 0) is 12.1 Å². The van der Waals surface area contributed by atoms with Crippen LogP contribution < -0.4 is 5.32 Å². The minimum absolute atomic E-state index is 0.00702. The Bertz CT molecular complexity index is 922. The Balaban J connectivity index is 2.10. The lowest BCUT2D eigenvalue weighted by Gasteiger charge is -2.26. The van der Waals surface area contributed by atoms with Gasteiger partial charge < -0.3 is 10.4 Å². The number of carbonyl (C=O) groups excluding carboxylic acids is 1. The Morgan fingerprint density at radius 1 is 1.43 bits per heavy atom. The molecule has 0 unspecified atom stereocenters. The van der Waals surface area contributed by atoms with Gasteiger partial charge in [0, 0.05) is 18.6 Å². The lowest BCUT2D eigenvalue weighted by Crippen LogP contribution is -2.36. The molecule has 0 spiro atoms. The first kappa shape index (κ1) is 15.8. The predicted molar refractivity (Wildman–Crippen MR) is 86.7 cm³/mol. The Morgan fingerprint density at radius 3 is 2.83 bits per heavy atom. The van der Waals surface area contributed by atoms with E-state index in [0.29, 0.717) is 4.31 Å². The van der Waals surface area contributed by atoms with Gasteiger partial charge in [0.05, 0.1) is 9.90 Å². The molecule has 0 atom stereocenters. The number of halogens is 1. The number of nitrogens with zero attached hydrogens (tertiary/aromatic N) is 2. The number of hydrogen-bond acceptors (Lipinski definition) is 6. The Hall–Kier alpha value is -2.10. The van der Waals surface area contributed by atoms with Gasteiger partial charge in [-0.3, -0.25) is 9.10 Å². The number of hydrogen-bond donors (Lipinski definition) is 2. The van der Waals surface area contributed by atoms with Crippen molar-refractivity contribution >= 4 is 50.4 Å². The van der Waals surface area contributed by atoms with Crippen LogP contribution in [-0.4, -0.2) is 35.8 Å². The Kier molecular flexibility index (Phi) is 3.78. The van der Waals surface area contributed by atoms with E-state index in [1.807, 2.05) is 0 Å². The van der Waals surface area contributed by atoms with Crippen LogP contribution in [0, 0.1) is 0 Å². The maximum absolute atomic E-state index is 12.5. The molecule has 23 heavy (non-hydrogen) atoms. The zero-order chi connectivity index (χ0) is 16.8. The average molecular weight is 372 g/mol. The fourth-order valence-electron chi connectivity index (χ4n) is 2.11. The van der Waals surface area contributed by atoms with Crippen molar-refractivity contribution in [2.24, 2.45) is 0 Å². The second kappa shape index (κ2) is 5.52. The van der Waals surface area contributed by atoms with Crippen LogP contribution in [-0.2, 0) is 14.8 Å². The number of rotatable bonds is 2. The fourth-order valence-corrected chi connectivity index (χ4v) is 5.30. The number of likely N-dealkylation sites (N-methyl/N-ethyl adjacent to an activating group) is 1. The van der Waals surface area contributed by atoms with Crippen LogP contribution >= 0.6 is 22.9 Å². The number of aromatic nitrogens is 1. The third-order valence-corrected chi connectivity index (χ3v) is 6.70. The van der Waals surface area contributed by atoms with Crippen LogP contribution in [0.5, 0.6) is 0 Å². The fraction of sp³-hybridized carbons (Fsp3) is 0.0769. The molecule has 1 aliphatic heterocycles. The molecule has 3 rings (SSSR count). The van der Waals surface area contributed by atoms with E-state index in [1.54, 1.807) is 18.2 Å². The zero-order valence-electron chi connectivity index (χ0n) is 11.6. The largest absolute Gasteiger partial charge is 0.504 e. The van der Waals surface area contributed by atoms with E-state index in [2.05, 4.69) is 10.3 Å². The summed E-state index contributed by atoms with van der Waals surface area (Å²) in [6.45, 7) is 0. The van der Waals surface area contributed by atoms with Crippen molar-refractivity contribution in [2.75, 3.05) is 12.4 Å². The molecule has 0 saturated heterocycles. The van der Waals surface area contributed by atoms with E-state index in [4.69, 9.17) is 11.6 Å². The number of anilines is 1. The van der Waals surface area contributed by atoms with Gasteiger partial charge in [0.25, 0.3) is 15.9 Å². The van der Waals surface area contributed by atoms with Crippen molar-refractivity contribution in [3.05, 3.63) is 45.4 Å². The van der Waals surface area contributed by atoms with Crippen molar-refractivity contribution in [1.82, 2.24) is 9.29 Å². The molecular formula is C13H10ClN3O4S2. The van der Waals surface area contributed by atoms with Gasteiger partial charge in [-0.2, -0.15) is 0 Å². The first-order valence-corrected chi connectivity index (χ1v) is 8.95. The summed E-state index contributed by atoms with van der Waals surface area (Å²) in [6, 6.07) is 4.87. The molecular weight excluding hydrogens is 362 g/mol. The summed E-state index contributed by atoms with van der Waals surface area (Å²) in [5, 5.41) is 14.2. The number of aliphatic hydroxyl groups excluding tert-OH is 1. The third-order valence-electron chi connectivity index (χ3n) is 3.20. The molecule has 1 amide bonds. The summed E-state index contributed by atoms with van der Waals surface area (Å²) in [5.74, 6) is -0.997. The van der Waals surface area contributed by atoms with Crippen LogP contribution in [0.1, 0.15) is 4.88 Å². The van der Waals surface area contributed by atoms with Crippen molar-refractivity contribution in [3.8, 4) is 0 Å². The maximum Gasteiger partial charge on any atom is 0.278 e. The topological polar surface area (TPSA) is 99.6 Å². The summed E-state index contributed by atoms with van der Waals surface area (Å²) in [6.07, 6.45) is 1.47. The smallest absolute Gasteiger partial charge is 0.278 e. The number of aliphatic hydroxyl groups is 1. The molecule has 2 aromatic heterocycles. The first-order chi connectivity index (χ1) is 10.8. The Morgan fingerprint density at radius 2 is 2.17 bits per heavy atom. The molecule has 0 radical (unpaired) electrons. The van der Waals surface area contributed by atoms with E-state index in [-0.39, 0.29) is 26.3 Å². The SMILES string of the molecule is CN1C(C(=O)Nc2ccccn2)=C(O)c2scc(Cl)c2S1(=O)=O. The van der Waals surface area contributed by atoms with Crippen molar-refractivity contribution in [3.63, 3.8) is 0 Å². The van der Waals surface area contributed by atoms with E-state index in [1.165, 1.54) is 18.6 Å². The highest BCUT2D eigenvalue weighted by atomic mass is 35.5. The predicted octanol–water partition coefficient (Wildman–Crippen LogP) is 2.30. The number of sulfonamides is 1. The van der Waals surface area contributed by atoms with Gasteiger partial charge in [-0.15, -0.1) is 11.3 Å². The monoisotopic (exact) mass is 371 g/mol. The number of pyridine rings is 1. The molecule has 7 nitrogen and oxygen atoms in total. The summed E-state index contributed by atoms with van der Waals surface area (Å²) in [5.41, 5.74) is -0.387. The highest BCUT2D eigenvalue weighted by Crippen LogP contribution is 2.42. The van der Waals surface area contributed by atoms with Gasteiger partial charge in [-0.25, -0.2) is 13.4 Å². The molecule has 2 N–H and O–H groups in total. The van der Waals surface area contributed by atoms with Crippen LogP contribution in [0.3, 0.4) is 0 Å². The van der Waals surface area contributed by atoms with Crippen molar-refractivity contribution in [1.29, 1.82) is 0 Å². The van der Waals surface area contributed by atoms with Crippen LogP contribution in [0.2, 0.25) is 5.02 Å². The number of nitrogens with one attached hydrogen (secondary N) is 1. The summed E-state index contributed by atoms with van der Waals surface area (Å²) in [4.78, 5) is 16.2. The lowest BCUT2D eigenvalue weighted by molar-refractivity contribution is -0.113. The molecule has 0 saturated carbocycles. The van der Waals surface area contributed by atoms with Gasteiger partial charge in [0.2, 0.25) is 0 Å². The molecule has 1 aliphatic rings. The standard InChI is InChI=1S/C13H10ClN3O4S2/c1-17-9(13(19)16-8-4-2-3-5-15-8)10(18)11-12(23(17,20)21)7(14)6-22-11/h2-6,18H,1H3,(H,15,16,19). The maximum atomic E-state index is 12.5. The average Bonchev–Trinajstić information content (AvgIpc) is 2.90. The van der Waals surface area contributed by atoms with Crippen molar-refractivity contribution < 1.29 is 18.3 Å². The lowest BCUT2D eigenvalue weighted by atomic mass is 10.2. The second-order valence-electron chi connectivity index (χ2n) is 4.58. The summed E-state index contributed by atoms with van der Waals surface area (Å²) >= 11 is 6.84. The van der Waals surface area contributed by atoms with Crippen molar-refractivity contribution in [2.45, 2.75) is 4.90 Å². The number of amides is 1. The van der Waals surface area contributed by atoms with Gasteiger partial charge in [-0.1, -0.05) is 17.7 Å². The molecule has 0 fully saturated rings. The molecule has 0 bridgehead atoms. The molecule has 120 valence electrons. The normalized spacial score (nSPS) is 16.2. The van der Waals surface area contributed by atoms with E-state index >= 15 is 0 Å². The molecule has 2 aromatic rings. The van der Waals surface area contributed by atoms with Gasteiger partial charge in [0.15, 0.2) is 11.5 Å². The quantitative estimate of drug-likeness (QED) is 0.843. The molecule has 3 heterocycles.